The number of furan rings is 1. The lowest BCUT2D eigenvalue weighted by Crippen LogP contribution is -2.48. The molecule has 0 bridgehead atoms. The largest absolute Gasteiger partial charge is 0.472 e. The van der Waals surface area contributed by atoms with E-state index in [-0.39, 0.29) is 5.91 Å². The van der Waals surface area contributed by atoms with Crippen molar-refractivity contribution < 1.29 is 9.21 Å². The summed E-state index contributed by atoms with van der Waals surface area (Å²) in [5.74, 6) is 1.00. The second-order valence-electron chi connectivity index (χ2n) is 7.00. The molecule has 0 N–H and O–H groups in total. The molecule has 0 saturated carbocycles. The number of carbonyl (C=O) groups excluding carboxylic acids is 1. The molecule has 1 aromatic rings. The van der Waals surface area contributed by atoms with Crippen molar-refractivity contribution in [3.05, 3.63) is 24.2 Å². The second-order valence-corrected chi connectivity index (χ2v) is 7.00. The summed E-state index contributed by atoms with van der Waals surface area (Å²) in [6.07, 6.45) is 10.5. The Labute approximate surface area is 133 Å². The van der Waals surface area contributed by atoms with Gasteiger partial charge in [0.1, 0.15) is 6.26 Å². The first-order valence-corrected chi connectivity index (χ1v) is 8.79. The number of hydrogen-bond acceptors (Lipinski definition) is 3. The third-order valence-electron chi connectivity index (χ3n) is 5.25. The molecule has 2 fully saturated rings. The van der Waals surface area contributed by atoms with Gasteiger partial charge < -0.3 is 14.2 Å². The van der Waals surface area contributed by atoms with Crippen LogP contribution < -0.4 is 0 Å². The average Bonchev–Trinajstić information content (AvgIpc) is 2.97. The van der Waals surface area contributed by atoms with Crippen molar-refractivity contribution in [2.24, 2.45) is 5.92 Å². The Morgan fingerprint density at radius 2 is 2.00 bits per heavy atom. The summed E-state index contributed by atoms with van der Waals surface area (Å²) in [5.41, 5.74) is 0.694. The number of nitrogens with zero attached hydrogens (tertiary/aromatic N) is 2. The Morgan fingerprint density at radius 3 is 2.73 bits per heavy atom. The first-order chi connectivity index (χ1) is 10.7. The number of amides is 1. The molecule has 22 heavy (non-hydrogen) atoms. The molecular weight excluding hydrogens is 276 g/mol. The van der Waals surface area contributed by atoms with Gasteiger partial charge in [-0.05, 0) is 50.8 Å². The molecule has 2 aliphatic heterocycles. The summed E-state index contributed by atoms with van der Waals surface area (Å²) in [6, 6.07) is 2.14. The fraction of sp³-hybridized carbons (Fsp3) is 0.722. The van der Waals surface area contributed by atoms with Gasteiger partial charge in [0.05, 0.1) is 11.8 Å². The fourth-order valence-electron chi connectivity index (χ4n) is 3.73. The van der Waals surface area contributed by atoms with E-state index in [0.29, 0.717) is 11.6 Å². The normalized spacial score (nSPS) is 25.1. The SMILES string of the molecule is CC1CCN(CC2CCCCCN2C(=O)c2ccoc2)CC1. The van der Waals surface area contributed by atoms with E-state index < -0.39 is 0 Å². The molecule has 122 valence electrons. The number of carbonyl (C=O) groups is 1. The van der Waals surface area contributed by atoms with Gasteiger partial charge in [-0.15, -0.1) is 0 Å². The highest BCUT2D eigenvalue weighted by atomic mass is 16.3. The quantitative estimate of drug-likeness (QED) is 0.859. The predicted octanol–water partition coefficient (Wildman–Crippen LogP) is 3.40. The van der Waals surface area contributed by atoms with Crippen molar-refractivity contribution in [3.63, 3.8) is 0 Å². The van der Waals surface area contributed by atoms with Gasteiger partial charge in [-0.2, -0.15) is 0 Å². The lowest BCUT2D eigenvalue weighted by molar-refractivity contribution is 0.0605. The van der Waals surface area contributed by atoms with E-state index in [9.17, 15) is 4.79 Å². The summed E-state index contributed by atoms with van der Waals surface area (Å²) >= 11 is 0. The van der Waals surface area contributed by atoms with Gasteiger partial charge in [0.2, 0.25) is 0 Å². The van der Waals surface area contributed by atoms with Gasteiger partial charge in [-0.3, -0.25) is 4.79 Å². The molecular formula is C18H28N2O2. The maximum absolute atomic E-state index is 12.8. The van der Waals surface area contributed by atoms with E-state index in [1.807, 2.05) is 0 Å². The fourth-order valence-corrected chi connectivity index (χ4v) is 3.73. The van der Waals surface area contributed by atoms with Crippen LogP contribution in [0.25, 0.3) is 0 Å². The van der Waals surface area contributed by atoms with Gasteiger partial charge in [0.15, 0.2) is 0 Å². The Bertz CT molecular complexity index is 463. The molecule has 4 nitrogen and oxygen atoms in total. The molecule has 2 saturated heterocycles. The lowest BCUT2D eigenvalue weighted by Gasteiger charge is -2.37. The number of rotatable bonds is 3. The molecule has 1 atom stereocenters. The monoisotopic (exact) mass is 304 g/mol. The van der Waals surface area contributed by atoms with Crippen LogP contribution in [0.5, 0.6) is 0 Å². The minimum absolute atomic E-state index is 0.144. The highest BCUT2D eigenvalue weighted by molar-refractivity contribution is 5.94. The van der Waals surface area contributed by atoms with Crippen molar-refractivity contribution in [3.8, 4) is 0 Å². The summed E-state index contributed by atoms with van der Waals surface area (Å²) in [5, 5.41) is 0. The van der Waals surface area contributed by atoms with Crippen LogP contribution in [0.15, 0.2) is 23.0 Å². The van der Waals surface area contributed by atoms with Crippen LogP contribution in [0.2, 0.25) is 0 Å². The molecule has 0 aromatic carbocycles. The molecule has 3 heterocycles. The summed E-state index contributed by atoms with van der Waals surface area (Å²) < 4.78 is 5.10. The maximum Gasteiger partial charge on any atom is 0.257 e. The Hall–Kier alpha value is -1.29. The summed E-state index contributed by atoms with van der Waals surface area (Å²) in [4.78, 5) is 17.4. The van der Waals surface area contributed by atoms with Crippen LogP contribution in [0.4, 0.5) is 0 Å². The van der Waals surface area contributed by atoms with Gasteiger partial charge in [0.25, 0.3) is 5.91 Å². The van der Waals surface area contributed by atoms with Crippen molar-refractivity contribution in [2.75, 3.05) is 26.2 Å². The number of piperidine rings is 1. The first-order valence-electron chi connectivity index (χ1n) is 8.79. The van der Waals surface area contributed by atoms with E-state index in [4.69, 9.17) is 4.42 Å². The molecule has 4 heteroatoms. The van der Waals surface area contributed by atoms with Crippen LogP contribution in [0, 0.1) is 5.92 Å². The van der Waals surface area contributed by atoms with E-state index in [0.717, 1.165) is 31.8 Å². The van der Waals surface area contributed by atoms with Gasteiger partial charge in [-0.25, -0.2) is 0 Å². The van der Waals surface area contributed by atoms with E-state index in [2.05, 4.69) is 16.7 Å². The van der Waals surface area contributed by atoms with Crippen LogP contribution in [0.3, 0.4) is 0 Å². The van der Waals surface area contributed by atoms with E-state index in [1.165, 1.54) is 38.8 Å². The minimum Gasteiger partial charge on any atom is -0.472 e. The van der Waals surface area contributed by atoms with Gasteiger partial charge >= 0.3 is 0 Å². The Morgan fingerprint density at radius 1 is 1.18 bits per heavy atom. The molecule has 1 unspecified atom stereocenters. The molecule has 3 rings (SSSR count). The standard InChI is InChI=1S/C18H28N2O2/c1-15-6-10-19(11-7-15)13-17-5-3-2-4-9-20(17)18(21)16-8-12-22-14-16/h8,12,14-15,17H,2-7,9-11,13H2,1H3. The summed E-state index contributed by atoms with van der Waals surface area (Å²) in [6.45, 7) is 6.64. The van der Waals surface area contributed by atoms with Gasteiger partial charge in [0, 0.05) is 19.1 Å². The second kappa shape index (κ2) is 7.32. The zero-order valence-electron chi connectivity index (χ0n) is 13.7. The van der Waals surface area contributed by atoms with Crippen molar-refractivity contribution in [1.82, 2.24) is 9.80 Å². The third kappa shape index (κ3) is 3.72. The van der Waals surface area contributed by atoms with Crippen molar-refractivity contribution in [2.45, 2.75) is 51.5 Å². The highest BCUT2D eigenvalue weighted by Crippen LogP contribution is 2.23. The zero-order chi connectivity index (χ0) is 15.4. The van der Waals surface area contributed by atoms with Gasteiger partial charge in [-0.1, -0.05) is 19.8 Å². The molecule has 1 amide bonds. The predicted molar refractivity (Wildman–Crippen MR) is 86.8 cm³/mol. The van der Waals surface area contributed by atoms with Crippen molar-refractivity contribution >= 4 is 5.91 Å². The minimum atomic E-state index is 0.144. The molecule has 0 spiro atoms. The number of hydrogen-bond donors (Lipinski definition) is 0. The van der Waals surface area contributed by atoms with E-state index in [1.54, 1.807) is 18.6 Å². The van der Waals surface area contributed by atoms with Crippen LogP contribution in [-0.2, 0) is 0 Å². The lowest BCUT2D eigenvalue weighted by atomic mass is 9.98. The Kier molecular flexibility index (Phi) is 5.19. The highest BCUT2D eigenvalue weighted by Gasteiger charge is 2.29. The van der Waals surface area contributed by atoms with Crippen LogP contribution >= 0.6 is 0 Å². The topological polar surface area (TPSA) is 36.7 Å². The average molecular weight is 304 g/mol. The third-order valence-corrected chi connectivity index (χ3v) is 5.25. The van der Waals surface area contributed by atoms with E-state index >= 15 is 0 Å². The smallest absolute Gasteiger partial charge is 0.257 e. The molecule has 1 aromatic heterocycles. The molecule has 0 radical (unpaired) electrons. The number of likely N-dealkylation sites (tertiary alicyclic amines) is 2. The van der Waals surface area contributed by atoms with Crippen LogP contribution in [-0.4, -0.2) is 47.9 Å². The molecule has 0 aliphatic carbocycles. The zero-order valence-corrected chi connectivity index (χ0v) is 13.7. The molecule has 2 aliphatic rings. The van der Waals surface area contributed by atoms with Crippen LogP contribution in [0.1, 0.15) is 55.8 Å². The maximum atomic E-state index is 12.8. The first kappa shape index (κ1) is 15.6. The van der Waals surface area contributed by atoms with Crippen molar-refractivity contribution in [1.29, 1.82) is 0 Å². The Balaban J connectivity index is 1.66. The summed E-state index contributed by atoms with van der Waals surface area (Å²) in [7, 11) is 0.